The lowest BCUT2D eigenvalue weighted by Gasteiger charge is -2.19. The fourth-order valence-electron chi connectivity index (χ4n) is 2.56. The third-order valence-corrected chi connectivity index (χ3v) is 4.00. The molecule has 1 rings (SSSR count). The van der Waals surface area contributed by atoms with E-state index >= 15 is 0 Å². The highest BCUT2D eigenvalue weighted by Crippen LogP contribution is 2.13. The van der Waals surface area contributed by atoms with Crippen molar-refractivity contribution in [3.63, 3.8) is 0 Å². The average molecular weight is 377 g/mol. The topological polar surface area (TPSA) is 125 Å². The zero-order valence-corrected chi connectivity index (χ0v) is 16.1. The van der Waals surface area contributed by atoms with Gasteiger partial charge >= 0.3 is 6.03 Å². The first-order chi connectivity index (χ1) is 13.0. The second-order valence-corrected chi connectivity index (χ2v) is 6.37. The highest BCUT2D eigenvalue weighted by Gasteiger charge is 2.20. The molecule has 4 amide bonds. The van der Waals surface area contributed by atoms with Crippen LogP contribution in [0.3, 0.4) is 0 Å². The van der Waals surface area contributed by atoms with Crippen LogP contribution >= 0.6 is 0 Å². The minimum atomic E-state index is -0.694. The van der Waals surface area contributed by atoms with Crippen molar-refractivity contribution in [1.29, 1.82) is 0 Å². The van der Waals surface area contributed by atoms with Crippen LogP contribution in [-0.4, -0.2) is 44.0 Å². The Hall–Kier alpha value is -2.61. The number of primary amides is 1. The van der Waals surface area contributed by atoms with Gasteiger partial charge in [0.25, 0.3) is 0 Å². The van der Waals surface area contributed by atoms with E-state index in [-0.39, 0.29) is 18.4 Å². The summed E-state index contributed by atoms with van der Waals surface area (Å²) in [6, 6.07) is 6.42. The second kappa shape index (κ2) is 12.7. The molecule has 0 fully saturated rings. The average Bonchev–Trinajstić information content (AvgIpc) is 2.63. The molecule has 1 atom stereocenters. The zero-order valence-electron chi connectivity index (χ0n) is 16.1. The van der Waals surface area contributed by atoms with E-state index in [9.17, 15) is 14.4 Å². The number of anilines is 1. The number of amides is 4. The van der Waals surface area contributed by atoms with Gasteiger partial charge in [0.15, 0.2) is 0 Å². The summed E-state index contributed by atoms with van der Waals surface area (Å²) in [6.07, 6.45) is 4.18. The van der Waals surface area contributed by atoms with E-state index in [0.717, 1.165) is 19.3 Å². The van der Waals surface area contributed by atoms with Gasteiger partial charge in [0.1, 0.15) is 6.04 Å². The van der Waals surface area contributed by atoms with Crippen molar-refractivity contribution in [3.05, 3.63) is 29.8 Å². The first-order valence-electron chi connectivity index (χ1n) is 9.33. The fraction of sp³-hybridized carbons (Fsp3) is 0.526. The second-order valence-electron chi connectivity index (χ2n) is 6.37. The third-order valence-electron chi connectivity index (χ3n) is 4.00. The van der Waals surface area contributed by atoms with Crippen molar-refractivity contribution in [1.82, 2.24) is 16.0 Å². The zero-order chi connectivity index (χ0) is 20.1. The molecule has 0 saturated heterocycles. The Morgan fingerprint density at radius 3 is 2.41 bits per heavy atom. The number of carbonyl (C=O) groups excluding carboxylic acids is 3. The standard InChI is InChI=1S/C19H31N5O3/c1-3-4-6-14-8-10-15(11-9-14)23-18(26)16(24-17(25)13-21-2)7-5-12-22-19(20)27/h8-11,16,21H,3-7,12-13H2,1-2H3,(H,23,26)(H,24,25)(H3,20,22,27). The number of benzene rings is 1. The van der Waals surface area contributed by atoms with Gasteiger partial charge in [-0.1, -0.05) is 25.5 Å². The maximum Gasteiger partial charge on any atom is 0.312 e. The van der Waals surface area contributed by atoms with Crippen LogP contribution in [0.5, 0.6) is 0 Å². The summed E-state index contributed by atoms with van der Waals surface area (Å²) < 4.78 is 0. The Morgan fingerprint density at radius 1 is 1.11 bits per heavy atom. The van der Waals surface area contributed by atoms with Gasteiger partial charge in [0.2, 0.25) is 11.8 Å². The molecule has 8 heteroatoms. The van der Waals surface area contributed by atoms with Gasteiger partial charge < -0.3 is 27.0 Å². The van der Waals surface area contributed by atoms with Gasteiger partial charge in [-0.25, -0.2) is 4.79 Å². The van der Waals surface area contributed by atoms with Gasteiger partial charge in [-0.05, 0) is 50.4 Å². The van der Waals surface area contributed by atoms with Gasteiger partial charge in [0.05, 0.1) is 6.54 Å². The van der Waals surface area contributed by atoms with Gasteiger partial charge in [-0.2, -0.15) is 0 Å². The van der Waals surface area contributed by atoms with Crippen molar-refractivity contribution >= 4 is 23.5 Å². The molecule has 6 N–H and O–H groups in total. The highest BCUT2D eigenvalue weighted by atomic mass is 16.2. The Kier molecular flexibility index (Phi) is 10.5. The van der Waals surface area contributed by atoms with E-state index < -0.39 is 12.1 Å². The van der Waals surface area contributed by atoms with Crippen molar-refractivity contribution in [2.75, 3.05) is 25.5 Å². The minimum Gasteiger partial charge on any atom is -0.352 e. The molecule has 1 unspecified atom stereocenters. The number of hydrogen-bond donors (Lipinski definition) is 5. The molecule has 1 aromatic rings. The molecule has 27 heavy (non-hydrogen) atoms. The van der Waals surface area contributed by atoms with E-state index in [1.807, 2.05) is 24.3 Å². The third kappa shape index (κ3) is 9.60. The molecule has 0 aliphatic heterocycles. The maximum absolute atomic E-state index is 12.6. The van der Waals surface area contributed by atoms with Crippen LogP contribution in [-0.2, 0) is 16.0 Å². The number of nitrogens with two attached hydrogens (primary N) is 1. The van der Waals surface area contributed by atoms with Gasteiger partial charge in [-0.3, -0.25) is 9.59 Å². The van der Waals surface area contributed by atoms with Crippen LogP contribution in [0, 0.1) is 0 Å². The van der Waals surface area contributed by atoms with Crippen molar-refractivity contribution in [2.24, 2.45) is 5.73 Å². The lowest BCUT2D eigenvalue weighted by molar-refractivity contribution is -0.126. The van der Waals surface area contributed by atoms with E-state index in [4.69, 9.17) is 5.73 Å². The van der Waals surface area contributed by atoms with Crippen molar-refractivity contribution in [3.8, 4) is 0 Å². The Bertz CT molecular complexity index is 604. The molecule has 0 aromatic heterocycles. The van der Waals surface area contributed by atoms with E-state index in [2.05, 4.69) is 28.2 Å². The Labute approximate surface area is 160 Å². The number of nitrogens with one attached hydrogen (secondary N) is 4. The lowest BCUT2D eigenvalue weighted by atomic mass is 10.1. The van der Waals surface area contributed by atoms with Gasteiger partial charge in [-0.15, -0.1) is 0 Å². The summed E-state index contributed by atoms with van der Waals surface area (Å²) in [5.41, 5.74) is 6.94. The summed E-state index contributed by atoms with van der Waals surface area (Å²) in [7, 11) is 1.66. The molecule has 0 spiro atoms. The lowest BCUT2D eigenvalue weighted by Crippen LogP contribution is -2.46. The van der Waals surface area contributed by atoms with E-state index in [0.29, 0.717) is 25.1 Å². The molecule has 0 aliphatic carbocycles. The van der Waals surface area contributed by atoms with Crippen LogP contribution in [0.2, 0.25) is 0 Å². The van der Waals surface area contributed by atoms with Crippen LogP contribution in [0.15, 0.2) is 24.3 Å². The normalized spacial score (nSPS) is 11.5. The molecular formula is C19H31N5O3. The molecule has 8 nitrogen and oxygen atoms in total. The van der Waals surface area contributed by atoms with E-state index in [1.165, 1.54) is 5.56 Å². The SMILES string of the molecule is CCCCc1ccc(NC(=O)C(CCCNC(N)=O)NC(=O)CNC)cc1. The molecule has 0 heterocycles. The first-order valence-corrected chi connectivity index (χ1v) is 9.33. The minimum absolute atomic E-state index is 0.120. The predicted octanol–water partition coefficient (Wildman–Crippen LogP) is 1.12. The molecule has 0 saturated carbocycles. The molecule has 0 aliphatic rings. The number of hydrogen-bond acceptors (Lipinski definition) is 4. The Morgan fingerprint density at radius 2 is 1.81 bits per heavy atom. The van der Waals surface area contributed by atoms with Crippen LogP contribution in [0.4, 0.5) is 10.5 Å². The predicted molar refractivity (Wildman–Crippen MR) is 106 cm³/mol. The van der Waals surface area contributed by atoms with Crippen LogP contribution in [0.25, 0.3) is 0 Å². The monoisotopic (exact) mass is 377 g/mol. The first kappa shape index (κ1) is 22.4. The van der Waals surface area contributed by atoms with Crippen LogP contribution in [0.1, 0.15) is 38.2 Å². The van der Waals surface area contributed by atoms with Crippen molar-refractivity contribution in [2.45, 2.75) is 45.1 Å². The van der Waals surface area contributed by atoms with Crippen molar-refractivity contribution < 1.29 is 14.4 Å². The van der Waals surface area contributed by atoms with Gasteiger partial charge in [0, 0.05) is 12.2 Å². The summed E-state index contributed by atoms with van der Waals surface area (Å²) >= 11 is 0. The number of carbonyl (C=O) groups is 3. The Balaban J connectivity index is 2.64. The molecule has 0 radical (unpaired) electrons. The number of rotatable bonds is 12. The summed E-state index contributed by atoms with van der Waals surface area (Å²) in [4.78, 5) is 35.2. The van der Waals surface area contributed by atoms with E-state index in [1.54, 1.807) is 7.05 Å². The van der Waals surface area contributed by atoms with Crippen LogP contribution < -0.4 is 27.0 Å². The maximum atomic E-state index is 12.6. The summed E-state index contributed by atoms with van der Waals surface area (Å²) in [5.74, 6) is -0.560. The summed E-state index contributed by atoms with van der Waals surface area (Å²) in [6.45, 7) is 2.61. The number of likely N-dealkylation sites (N-methyl/N-ethyl adjacent to an activating group) is 1. The molecule has 0 bridgehead atoms. The molecular weight excluding hydrogens is 346 g/mol. The fourth-order valence-corrected chi connectivity index (χ4v) is 2.56. The molecule has 150 valence electrons. The number of aryl methyl sites for hydroxylation is 1. The largest absolute Gasteiger partial charge is 0.352 e. The highest BCUT2D eigenvalue weighted by molar-refractivity contribution is 5.97. The molecule has 1 aromatic carbocycles. The smallest absolute Gasteiger partial charge is 0.312 e. The quantitative estimate of drug-likeness (QED) is 0.350. The summed E-state index contributed by atoms with van der Waals surface area (Å²) in [5, 5.41) is 10.8. The number of unbranched alkanes of at least 4 members (excludes halogenated alkanes) is 1. The number of urea groups is 1.